The fourth-order valence-corrected chi connectivity index (χ4v) is 5.36. The molecule has 0 aromatic rings. The molecule has 2 heterocycles. The van der Waals surface area contributed by atoms with E-state index in [9.17, 15) is 8.42 Å². The van der Waals surface area contributed by atoms with Crippen LogP contribution >= 0.6 is 24.0 Å². The van der Waals surface area contributed by atoms with Crippen LogP contribution in [0.3, 0.4) is 0 Å². The number of hydrogen-bond donors (Lipinski definition) is 2. The molecule has 24 heavy (non-hydrogen) atoms. The molecule has 0 amide bonds. The van der Waals surface area contributed by atoms with Crippen molar-refractivity contribution in [2.75, 3.05) is 31.1 Å². The highest BCUT2D eigenvalue weighted by Gasteiger charge is 2.34. The predicted octanol–water partition coefficient (Wildman–Crippen LogP) is 1.22. The molecule has 0 spiro atoms. The van der Waals surface area contributed by atoms with E-state index in [0.29, 0.717) is 30.1 Å². The summed E-state index contributed by atoms with van der Waals surface area (Å²) in [7, 11) is -2.82. The number of nitrogens with one attached hydrogen (secondary N) is 2. The van der Waals surface area contributed by atoms with Crippen molar-refractivity contribution in [2.24, 2.45) is 10.9 Å². The van der Waals surface area contributed by atoms with Crippen LogP contribution in [0, 0.1) is 5.92 Å². The van der Waals surface area contributed by atoms with Gasteiger partial charge >= 0.3 is 0 Å². The van der Waals surface area contributed by atoms with Gasteiger partial charge in [-0.15, -0.1) is 24.0 Å². The Kier molecular flexibility index (Phi) is 7.19. The first-order chi connectivity index (χ1) is 10.9. The van der Waals surface area contributed by atoms with Gasteiger partial charge in [-0.1, -0.05) is 0 Å². The summed E-state index contributed by atoms with van der Waals surface area (Å²) >= 11 is 0. The van der Waals surface area contributed by atoms with E-state index < -0.39 is 9.84 Å². The maximum absolute atomic E-state index is 11.6. The molecule has 0 aromatic carbocycles. The molecule has 2 saturated heterocycles. The van der Waals surface area contributed by atoms with Crippen molar-refractivity contribution in [3.8, 4) is 0 Å². The lowest BCUT2D eigenvalue weighted by Gasteiger charge is -2.21. The Morgan fingerprint density at radius 3 is 2.58 bits per heavy atom. The molecule has 3 fully saturated rings. The van der Waals surface area contributed by atoms with Gasteiger partial charge in [0.15, 0.2) is 15.8 Å². The molecule has 3 aliphatic rings. The predicted molar refractivity (Wildman–Crippen MR) is 109 cm³/mol. The maximum Gasteiger partial charge on any atom is 0.191 e. The summed E-state index contributed by atoms with van der Waals surface area (Å²) < 4.78 is 23.1. The van der Waals surface area contributed by atoms with Gasteiger partial charge in [0.2, 0.25) is 0 Å². The SMILES string of the molecule is CC(C)NC(=NCC1CCS(=O)(=O)C1)NC1CCN(C2CC2)C1.I. The quantitative estimate of drug-likeness (QED) is 0.359. The molecule has 6 nitrogen and oxygen atoms in total. The van der Waals surface area contributed by atoms with E-state index in [1.54, 1.807) is 0 Å². The van der Waals surface area contributed by atoms with Gasteiger partial charge in [-0.05, 0) is 45.4 Å². The molecular formula is C16H31IN4O2S. The summed E-state index contributed by atoms with van der Waals surface area (Å²) in [5, 5.41) is 6.93. The highest BCUT2D eigenvalue weighted by atomic mass is 127. The summed E-state index contributed by atoms with van der Waals surface area (Å²) in [4.78, 5) is 7.25. The van der Waals surface area contributed by atoms with Gasteiger partial charge in [-0.2, -0.15) is 0 Å². The summed E-state index contributed by atoms with van der Waals surface area (Å²) in [6.07, 6.45) is 4.62. The zero-order chi connectivity index (χ0) is 16.4. The topological polar surface area (TPSA) is 73.8 Å². The van der Waals surface area contributed by atoms with Crippen LogP contribution < -0.4 is 10.6 Å². The highest BCUT2D eigenvalue weighted by molar-refractivity contribution is 14.0. The number of aliphatic imine (C=N–C) groups is 1. The van der Waals surface area contributed by atoms with Crippen LogP contribution in [0.1, 0.15) is 39.5 Å². The van der Waals surface area contributed by atoms with Crippen molar-refractivity contribution in [1.82, 2.24) is 15.5 Å². The molecule has 0 bridgehead atoms. The third-order valence-corrected chi connectivity index (χ3v) is 6.72. The number of sulfone groups is 1. The minimum absolute atomic E-state index is 0. The van der Waals surface area contributed by atoms with Crippen LogP contribution in [-0.4, -0.2) is 68.5 Å². The first-order valence-electron chi connectivity index (χ1n) is 8.93. The molecule has 0 aromatic heterocycles. The molecule has 1 saturated carbocycles. The zero-order valence-corrected chi connectivity index (χ0v) is 17.8. The van der Waals surface area contributed by atoms with Crippen molar-refractivity contribution >= 4 is 39.8 Å². The standard InChI is InChI=1S/C16H30N4O2S.HI/c1-12(2)18-16(17-9-13-6-8-23(21,22)11-13)19-14-5-7-20(10-14)15-3-4-15;/h12-15H,3-11H2,1-2H3,(H2,17,18,19);1H. The lowest BCUT2D eigenvalue weighted by molar-refractivity contribution is 0.321. The number of halogens is 1. The number of likely N-dealkylation sites (tertiary alicyclic amines) is 1. The van der Waals surface area contributed by atoms with Crippen molar-refractivity contribution in [1.29, 1.82) is 0 Å². The molecular weight excluding hydrogens is 439 g/mol. The van der Waals surface area contributed by atoms with Crippen LogP contribution in [0.2, 0.25) is 0 Å². The molecule has 1 aliphatic carbocycles. The third-order valence-electron chi connectivity index (χ3n) is 4.88. The molecule has 2 N–H and O–H groups in total. The van der Waals surface area contributed by atoms with Gasteiger partial charge in [-0.25, -0.2) is 8.42 Å². The minimum Gasteiger partial charge on any atom is -0.354 e. The van der Waals surface area contributed by atoms with Crippen molar-refractivity contribution in [3.05, 3.63) is 0 Å². The van der Waals surface area contributed by atoms with Crippen LogP contribution in [0.4, 0.5) is 0 Å². The van der Waals surface area contributed by atoms with Crippen molar-refractivity contribution < 1.29 is 8.42 Å². The summed E-state index contributed by atoms with van der Waals surface area (Å²) in [5.74, 6) is 1.64. The zero-order valence-electron chi connectivity index (χ0n) is 14.7. The van der Waals surface area contributed by atoms with E-state index in [4.69, 9.17) is 0 Å². The molecule has 8 heteroatoms. The van der Waals surface area contributed by atoms with Gasteiger partial charge in [0.25, 0.3) is 0 Å². The normalized spacial score (nSPS) is 30.4. The summed E-state index contributed by atoms with van der Waals surface area (Å²) in [6, 6.07) is 1.59. The van der Waals surface area contributed by atoms with Crippen LogP contribution in [0.25, 0.3) is 0 Å². The minimum atomic E-state index is -2.82. The second kappa shape index (κ2) is 8.53. The van der Waals surface area contributed by atoms with Crippen LogP contribution in [-0.2, 0) is 9.84 Å². The first kappa shape index (κ1) is 20.2. The molecule has 0 radical (unpaired) electrons. The van der Waals surface area contributed by atoms with E-state index in [2.05, 4.69) is 34.4 Å². The monoisotopic (exact) mass is 470 g/mol. The van der Waals surface area contributed by atoms with Crippen LogP contribution in [0.15, 0.2) is 4.99 Å². The lowest BCUT2D eigenvalue weighted by Crippen LogP contribution is -2.47. The average molecular weight is 470 g/mol. The third kappa shape index (κ3) is 6.01. The summed E-state index contributed by atoms with van der Waals surface area (Å²) in [5.41, 5.74) is 0. The van der Waals surface area contributed by atoms with E-state index >= 15 is 0 Å². The smallest absolute Gasteiger partial charge is 0.191 e. The fourth-order valence-electron chi connectivity index (χ4n) is 3.51. The van der Waals surface area contributed by atoms with Crippen LogP contribution in [0.5, 0.6) is 0 Å². The van der Waals surface area contributed by atoms with Gasteiger partial charge in [0, 0.05) is 37.8 Å². The fraction of sp³-hybridized carbons (Fsp3) is 0.938. The average Bonchev–Trinajstić information content (AvgIpc) is 3.11. The molecule has 2 aliphatic heterocycles. The number of hydrogen-bond acceptors (Lipinski definition) is 4. The Hall–Kier alpha value is -0.0900. The Bertz CT molecular complexity index is 548. The van der Waals surface area contributed by atoms with Gasteiger partial charge in [0.1, 0.15) is 0 Å². The number of rotatable bonds is 5. The number of nitrogens with zero attached hydrogens (tertiary/aromatic N) is 2. The van der Waals surface area contributed by atoms with Gasteiger partial charge < -0.3 is 10.6 Å². The van der Waals surface area contributed by atoms with E-state index in [-0.39, 0.29) is 29.9 Å². The Morgan fingerprint density at radius 1 is 1.25 bits per heavy atom. The van der Waals surface area contributed by atoms with Gasteiger partial charge in [0.05, 0.1) is 11.5 Å². The van der Waals surface area contributed by atoms with E-state index in [1.807, 2.05) is 0 Å². The van der Waals surface area contributed by atoms with Crippen molar-refractivity contribution in [3.63, 3.8) is 0 Å². The second-order valence-corrected chi connectivity index (χ2v) is 9.84. The Balaban J connectivity index is 0.00000208. The molecule has 2 atom stereocenters. The molecule has 2 unspecified atom stereocenters. The molecule has 3 rings (SSSR count). The Labute approximate surface area is 163 Å². The Morgan fingerprint density at radius 2 is 2.00 bits per heavy atom. The summed E-state index contributed by atoms with van der Waals surface area (Å²) in [6.45, 7) is 7.07. The lowest BCUT2D eigenvalue weighted by atomic mass is 10.1. The van der Waals surface area contributed by atoms with E-state index in [1.165, 1.54) is 19.4 Å². The largest absolute Gasteiger partial charge is 0.354 e. The highest BCUT2D eigenvalue weighted by Crippen LogP contribution is 2.29. The van der Waals surface area contributed by atoms with E-state index in [0.717, 1.165) is 31.4 Å². The number of guanidine groups is 1. The van der Waals surface area contributed by atoms with Gasteiger partial charge in [-0.3, -0.25) is 9.89 Å². The maximum atomic E-state index is 11.6. The first-order valence-corrected chi connectivity index (χ1v) is 10.8. The second-order valence-electron chi connectivity index (χ2n) is 7.61. The van der Waals surface area contributed by atoms with Crippen molar-refractivity contribution in [2.45, 2.75) is 57.7 Å². The molecule has 140 valence electrons.